The summed E-state index contributed by atoms with van der Waals surface area (Å²) in [6.45, 7) is 0.311. The Kier molecular flexibility index (Phi) is 2.78. The topological polar surface area (TPSA) is 47.9 Å². The summed E-state index contributed by atoms with van der Waals surface area (Å²) >= 11 is 0. The molecule has 0 aromatic heterocycles. The molecular weight excluding hydrogens is 230 g/mol. The van der Waals surface area contributed by atoms with Crippen LogP contribution in [-0.4, -0.2) is 25.0 Å². The molecule has 0 saturated heterocycles. The largest absolute Gasteiger partial charge is 0.484 e. The van der Waals surface area contributed by atoms with Gasteiger partial charge in [-0.25, -0.2) is 9.79 Å². The molecule has 0 radical (unpaired) electrons. The lowest BCUT2D eigenvalue weighted by Crippen LogP contribution is -2.22. The Morgan fingerprint density at radius 2 is 2.17 bits per heavy atom. The Labute approximate surface area is 106 Å². The summed E-state index contributed by atoms with van der Waals surface area (Å²) in [4.78, 5) is 16.2. The highest BCUT2D eigenvalue weighted by molar-refractivity contribution is 5.91. The standard InChI is InChI=1S/C14H15NO3/c1-17-13-11-7-10(11)12(15-13)14(16)18-8-9-5-3-2-4-6-9/h2-6,10-12H,7-8H2,1H3. The highest BCUT2D eigenvalue weighted by Crippen LogP contribution is 2.48. The molecule has 3 atom stereocenters. The lowest BCUT2D eigenvalue weighted by atomic mass is 10.2. The maximum Gasteiger partial charge on any atom is 0.331 e. The van der Waals surface area contributed by atoms with E-state index in [0.29, 0.717) is 24.3 Å². The van der Waals surface area contributed by atoms with Gasteiger partial charge in [0.2, 0.25) is 0 Å². The highest BCUT2D eigenvalue weighted by atomic mass is 16.5. The van der Waals surface area contributed by atoms with Gasteiger partial charge in [-0.2, -0.15) is 0 Å². The molecule has 1 fully saturated rings. The van der Waals surface area contributed by atoms with Crippen LogP contribution in [0, 0.1) is 11.8 Å². The van der Waals surface area contributed by atoms with Crippen molar-refractivity contribution in [3.8, 4) is 0 Å². The van der Waals surface area contributed by atoms with Gasteiger partial charge < -0.3 is 9.47 Å². The molecule has 1 heterocycles. The molecule has 3 unspecified atom stereocenters. The van der Waals surface area contributed by atoms with Crippen LogP contribution in [0.15, 0.2) is 35.3 Å². The van der Waals surface area contributed by atoms with Crippen molar-refractivity contribution in [2.24, 2.45) is 16.8 Å². The van der Waals surface area contributed by atoms with Crippen molar-refractivity contribution in [1.82, 2.24) is 0 Å². The van der Waals surface area contributed by atoms with Crippen LogP contribution in [0.4, 0.5) is 0 Å². The smallest absolute Gasteiger partial charge is 0.331 e. The second-order valence-electron chi connectivity index (χ2n) is 4.72. The van der Waals surface area contributed by atoms with E-state index in [4.69, 9.17) is 9.47 Å². The molecule has 1 saturated carbocycles. The molecule has 0 bridgehead atoms. The van der Waals surface area contributed by atoms with Gasteiger partial charge in [0.25, 0.3) is 0 Å². The van der Waals surface area contributed by atoms with E-state index >= 15 is 0 Å². The first-order valence-corrected chi connectivity index (χ1v) is 6.12. The Morgan fingerprint density at radius 3 is 2.83 bits per heavy atom. The van der Waals surface area contributed by atoms with Gasteiger partial charge >= 0.3 is 5.97 Å². The third-order valence-electron chi connectivity index (χ3n) is 3.50. The van der Waals surface area contributed by atoms with Crippen molar-refractivity contribution in [1.29, 1.82) is 0 Å². The zero-order valence-electron chi connectivity index (χ0n) is 10.2. The number of nitrogens with zero attached hydrogens (tertiary/aromatic N) is 1. The van der Waals surface area contributed by atoms with Crippen molar-refractivity contribution in [3.63, 3.8) is 0 Å². The van der Waals surface area contributed by atoms with Crippen LogP contribution in [0.5, 0.6) is 0 Å². The number of methoxy groups -OCH3 is 1. The SMILES string of the molecule is COC1=NC(C(=O)OCc2ccccc2)C2CC12. The molecule has 1 aliphatic carbocycles. The van der Waals surface area contributed by atoms with Crippen molar-refractivity contribution in [2.75, 3.05) is 7.11 Å². The number of fused-ring (bicyclic) bond motifs is 1. The van der Waals surface area contributed by atoms with E-state index in [0.717, 1.165) is 12.0 Å². The fourth-order valence-corrected chi connectivity index (χ4v) is 2.42. The number of carbonyl (C=O) groups excluding carboxylic acids is 1. The molecule has 0 N–H and O–H groups in total. The van der Waals surface area contributed by atoms with Crippen molar-refractivity contribution < 1.29 is 14.3 Å². The van der Waals surface area contributed by atoms with E-state index in [1.165, 1.54) is 0 Å². The van der Waals surface area contributed by atoms with Gasteiger partial charge in [0, 0.05) is 11.8 Å². The van der Waals surface area contributed by atoms with Crippen LogP contribution in [-0.2, 0) is 20.9 Å². The molecule has 3 rings (SSSR count). The van der Waals surface area contributed by atoms with E-state index < -0.39 is 0 Å². The van der Waals surface area contributed by atoms with Crippen LogP contribution in [0.25, 0.3) is 0 Å². The maximum atomic E-state index is 11.9. The molecule has 18 heavy (non-hydrogen) atoms. The lowest BCUT2D eigenvalue weighted by molar-refractivity contribution is -0.146. The Morgan fingerprint density at radius 1 is 1.39 bits per heavy atom. The quantitative estimate of drug-likeness (QED) is 0.763. The molecule has 0 amide bonds. The van der Waals surface area contributed by atoms with Gasteiger partial charge in [0.1, 0.15) is 6.61 Å². The number of carbonyl (C=O) groups is 1. The number of hydrogen-bond acceptors (Lipinski definition) is 4. The number of esters is 1. The second kappa shape index (κ2) is 4.44. The van der Waals surface area contributed by atoms with E-state index in [9.17, 15) is 4.79 Å². The van der Waals surface area contributed by atoms with Crippen LogP contribution in [0.1, 0.15) is 12.0 Å². The molecule has 4 nitrogen and oxygen atoms in total. The first kappa shape index (κ1) is 11.3. The first-order chi connectivity index (χ1) is 8.79. The van der Waals surface area contributed by atoms with Crippen LogP contribution < -0.4 is 0 Å². The Balaban J connectivity index is 1.58. The van der Waals surface area contributed by atoms with Crippen LogP contribution in [0.2, 0.25) is 0 Å². The van der Waals surface area contributed by atoms with Gasteiger partial charge in [-0.1, -0.05) is 30.3 Å². The average molecular weight is 245 g/mol. The van der Waals surface area contributed by atoms with E-state index in [2.05, 4.69) is 4.99 Å². The van der Waals surface area contributed by atoms with E-state index in [-0.39, 0.29) is 12.0 Å². The van der Waals surface area contributed by atoms with E-state index in [1.54, 1.807) is 7.11 Å². The fourth-order valence-electron chi connectivity index (χ4n) is 2.42. The summed E-state index contributed by atoms with van der Waals surface area (Å²) < 4.78 is 10.5. The number of benzene rings is 1. The van der Waals surface area contributed by atoms with Crippen LogP contribution >= 0.6 is 0 Å². The number of aliphatic imine (C=N–C) groups is 1. The van der Waals surface area contributed by atoms with Crippen molar-refractivity contribution in [3.05, 3.63) is 35.9 Å². The third-order valence-corrected chi connectivity index (χ3v) is 3.50. The molecule has 94 valence electrons. The zero-order chi connectivity index (χ0) is 12.5. The van der Waals surface area contributed by atoms with Gasteiger partial charge in [-0.05, 0) is 12.0 Å². The monoisotopic (exact) mass is 245 g/mol. The van der Waals surface area contributed by atoms with Crippen molar-refractivity contribution in [2.45, 2.75) is 19.1 Å². The summed E-state index contributed by atoms with van der Waals surface area (Å²) in [5.74, 6) is 1.13. The van der Waals surface area contributed by atoms with E-state index in [1.807, 2.05) is 30.3 Å². The van der Waals surface area contributed by atoms with Gasteiger partial charge in [0.05, 0.1) is 7.11 Å². The predicted octanol–water partition coefficient (Wildman–Crippen LogP) is 1.79. The summed E-state index contributed by atoms with van der Waals surface area (Å²) in [7, 11) is 1.60. The number of rotatable bonds is 3. The van der Waals surface area contributed by atoms with Gasteiger partial charge in [-0.3, -0.25) is 0 Å². The molecular formula is C14H15NO3. The number of ether oxygens (including phenoxy) is 2. The molecule has 4 heteroatoms. The molecule has 0 spiro atoms. The predicted molar refractivity (Wildman–Crippen MR) is 66.1 cm³/mol. The first-order valence-electron chi connectivity index (χ1n) is 6.12. The maximum absolute atomic E-state index is 11.9. The lowest BCUT2D eigenvalue weighted by Gasteiger charge is -2.09. The Hall–Kier alpha value is -1.84. The minimum Gasteiger partial charge on any atom is -0.484 e. The second-order valence-corrected chi connectivity index (χ2v) is 4.72. The summed E-state index contributed by atoms with van der Waals surface area (Å²) in [5.41, 5.74) is 0.993. The van der Waals surface area contributed by atoms with Gasteiger partial charge in [-0.15, -0.1) is 0 Å². The molecule has 2 aliphatic rings. The summed E-state index contributed by atoms with van der Waals surface area (Å²) in [5, 5.41) is 0. The molecule has 1 aromatic carbocycles. The minimum atomic E-state index is -0.353. The highest BCUT2D eigenvalue weighted by Gasteiger charge is 2.55. The average Bonchev–Trinajstić information content (AvgIpc) is 3.12. The third kappa shape index (κ3) is 1.98. The molecule has 1 aliphatic heterocycles. The zero-order valence-corrected chi connectivity index (χ0v) is 10.2. The van der Waals surface area contributed by atoms with Crippen molar-refractivity contribution >= 4 is 11.9 Å². The van der Waals surface area contributed by atoms with Gasteiger partial charge in [0.15, 0.2) is 11.9 Å². The number of hydrogen-bond donors (Lipinski definition) is 0. The Bertz CT molecular complexity index is 483. The fraction of sp³-hybridized carbons (Fsp3) is 0.429. The molecule has 1 aromatic rings. The summed E-state index contributed by atoms with van der Waals surface area (Å²) in [6, 6.07) is 9.31. The summed E-state index contributed by atoms with van der Waals surface area (Å²) in [6.07, 6.45) is 0.998. The normalized spacial score (nSPS) is 28.3. The van der Waals surface area contributed by atoms with Crippen LogP contribution in [0.3, 0.4) is 0 Å². The minimum absolute atomic E-state index is 0.238.